The van der Waals surface area contributed by atoms with Crippen molar-refractivity contribution in [2.75, 3.05) is 20.6 Å². The van der Waals surface area contributed by atoms with Gasteiger partial charge in [-0.05, 0) is 61.7 Å². The van der Waals surface area contributed by atoms with Gasteiger partial charge in [-0.15, -0.1) is 11.3 Å². The van der Waals surface area contributed by atoms with E-state index in [1.807, 2.05) is 12.1 Å². The van der Waals surface area contributed by atoms with E-state index in [4.69, 9.17) is 9.84 Å². The van der Waals surface area contributed by atoms with Crippen molar-refractivity contribution in [2.45, 2.75) is 25.9 Å². The first-order chi connectivity index (χ1) is 12.0. The zero-order valence-electron chi connectivity index (χ0n) is 14.6. The normalized spacial score (nSPS) is 14.8. The zero-order valence-corrected chi connectivity index (χ0v) is 15.4. The number of ether oxygens (including phenoxy) is 1. The van der Waals surface area contributed by atoms with Crippen LogP contribution in [0.2, 0.25) is 0 Å². The molecule has 0 bridgehead atoms. The summed E-state index contributed by atoms with van der Waals surface area (Å²) < 4.78 is 6.01. The van der Waals surface area contributed by atoms with Gasteiger partial charge in [-0.25, -0.2) is 0 Å². The fraction of sp³-hybridized carbons (Fsp3) is 0.350. The second kappa shape index (κ2) is 7.85. The second-order valence-electron chi connectivity index (χ2n) is 6.50. The minimum atomic E-state index is -0.770. The van der Waals surface area contributed by atoms with Crippen LogP contribution in [0.15, 0.2) is 35.7 Å². The quantitative estimate of drug-likeness (QED) is 0.848. The summed E-state index contributed by atoms with van der Waals surface area (Å²) in [7, 11) is 4.15. The molecule has 0 saturated carbocycles. The molecule has 1 aliphatic rings. The molecule has 0 unspecified atom stereocenters. The van der Waals surface area contributed by atoms with Crippen molar-refractivity contribution >= 4 is 22.9 Å². The Bertz CT molecular complexity index is 792. The molecule has 1 aromatic carbocycles. The Morgan fingerprint density at radius 3 is 2.96 bits per heavy atom. The minimum absolute atomic E-state index is 0.142. The van der Waals surface area contributed by atoms with Crippen molar-refractivity contribution in [2.24, 2.45) is 0 Å². The predicted octanol–water partition coefficient (Wildman–Crippen LogP) is 4.04. The number of aliphatic carboxylic acids is 1. The largest absolute Gasteiger partial charge is 0.488 e. The Balaban J connectivity index is 1.98. The Hall–Kier alpha value is -2.11. The smallest absolute Gasteiger partial charge is 0.303 e. The van der Waals surface area contributed by atoms with Gasteiger partial charge in [-0.3, -0.25) is 4.79 Å². The molecule has 132 valence electrons. The van der Waals surface area contributed by atoms with Crippen molar-refractivity contribution in [1.29, 1.82) is 0 Å². The molecule has 0 saturated heterocycles. The van der Waals surface area contributed by atoms with Gasteiger partial charge >= 0.3 is 5.97 Å². The predicted molar refractivity (Wildman–Crippen MR) is 101 cm³/mol. The summed E-state index contributed by atoms with van der Waals surface area (Å²) in [6.45, 7) is 1.56. The Kier molecular flexibility index (Phi) is 5.56. The molecule has 0 spiro atoms. The molecule has 1 aromatic heterocycles. The average Bonchev–Trinajstić information content (AvgIpc) is 2.98. The number of fused-ring (bicyclic) bond motifs is 2. The first kappa shape index (κ1) is 17.7. The first-order valence-electron chi connectivity index (χ1n) is 8.44. The lowest BCUT2D eigenvalue weighted by Crippen LogP contribution is -2.12. The SMILES string of the molecule is CN(C)CC/C=C1/c2cc(CCC(=O)O)ccc2OCc2ccsc21. The molecule has 0 atom stereocenters. The van der Waals surface area contributed by atoms with Crippen LogP contribution in [0.5, 0.6) is 5.75 Å². The van der Waals surface area contributed by atoms with Gasteiger partial charge in [-0.2, -0.15) is 0 Å². The monoisotopic (exact) mass is 357 g/mol. The summed E-state index contributed by atoms with van der Waals surface area (Å²) in [6, 6.07) is 8.16. The molecular formula is C20H23NO3S. The number of carbonyl (C=O) groups is 1. The van der Waals surface area contributed by atoms with E-state index in [1.54, 1.807) is 11.3 Å². The Morgan fingerprint density at radius 2 is 2.20 bits per heavy atom. The lowest BCUT2D eigenvalue weighted by molar-refractivity contribution is -0.136. The maximum atomic E-state index is 10.9. The van der Waals surface area contributed by atoms with E-state index >= 15 is 0 Å². The fourth-order valence-corrected chi connectivity index (χ4v) is 3.92. The van der Waals surface area contributed by atoms with Gasteiger partial charge in [0.15, 0.2) is 0 Å². The first-order valence-corrected chi connectivity index (χ1v) is 9.32. The highest BCUT2D eigenvalue weighted by atomic mass is 32.1. The van der Waals surface area contributed by atoms with Gasteiger partial charge < -0.3 is 14.7 Å². The number of hydrogen-bond acceptors (Lipinski definition) is 4. The van der Waals surface area contributed by atoms with Crippen LogP contribution in [0, 0.1) is 0 Å². The Morgan fingerprint density at radius 1 is 1.36 bits per heavy atom. The van der Waals surface area contributed by atoms with Crippen molar-refractivity contribution in [3.05, 3.63) is 57.3 Å². The maximum absolute atomic E-state index is 10.9. The summed E-state index contributed by atoms with van der Waals surface area (Å²) in [6.07, 6.45) is 3.91. The van der Waals surface area contributed by atoms with E-state index in [0.29, 0.717) is 13.0 Å². The van der Waals surface area contributed by atoms with Crippen LogP contribution >= 0.6 is 11.3 Å². The van der Waals surface area contributed by atoms with Gasteiger partial charge in [0.2, 0.25) is 0 Å². The van der Waals surface area contributed by atoms with E-state index in [-0.39, 0.29) is 6.42 Å². The molecule has 5 heteroatoms. The van der Waals surface area contributed by atoms with Crippen LogP contribution in [-0.4, -0.2) is 36.6 Å². The number of carboxylic acid groups (broad SMARTS) is 1. The van der Waals surface area contributed by atoms with Crippen molar-refractivity contribution < 1.29 is 14.6 Å². The van der Waals surface area contributed by atoms with Crippen LogP contribution in [0.1, 0.15) is 34.4 Å². The highest BCUT2D eigenvalue weighted by Gasteiger charge is 2.20. The third-order valence-corrected chi connectivity index (χ3v) is 5.25. The van der Waals surface area contributed by atoms with Gasteiger partial charge in [0.05, 0.1) is 0 Å². The Labute approximate surface area is 152 Å². The van der Waals surface area contributed by atoms with Crippen LogP contribution in [0.3, 0.4) is 0 Å². The molecule has 0 aliphatic carbocycles. The molecule has 3 rings (SSSR count). The van der Waals surface area contributed by atoms with E-state index in [0.717, 1.165) is 29.8 Å². The number of carboxylic acids is 1. The van der Waals surface area contributed by atoms with E-state index in [1.165, 1.54) is 16.0 Å². The van der Waals surface area contributed by atoms with E-state index in [2.05, 4.69) is 42.6 Å². The van der Waals surface area contributed by atoms with Crippen LogP contribution in [-0.2, 0) is 17.8 Å². The number of aryl methyl sites for hydroxylation is 1. The van der Waals surface area contributed by atoms with Crippen molar-refractivity contribution in [3.63, 3.8) is 0 Å². The zero-order chi connectivity index (χ0) is 17.8. The van der Waals surface area contributed by atoms with Crippen molar-refractivity contribution in [1.82, 2.24) is 4.90 Å². The standard InChI is InChI=1S/C20H23NO3S/c1-21(2)10-3-4-16-17-12-14(6-8-19(22)23)5-7-18(17)24-13-15-9-11-25-20(15)16/h4-5,7,9,11-12H,3,6,8,10,13H2,1-2H3,(H,22,23)/b16-4-. The third kappa shape index (κ3) is 4.30. The maximum Gasteiger partial charge on any atom is 0.303 e. The van der Waals surface area contributed by atoms with E-state index < -0.39 is 5.97 Å². The molecule has 1 N–H and O–H groups in total. The van der Waals surface area contributed by atoms with Crippen LogP contribution in [0.4, 0.5) is 0 Å². The fourth-order valence-electron chi connectivity index (χ4n) is 2.95. The third-order valence-electron chi connectivity index (χ3n) is 4.26. The molecule has 2 heterocycles. The number of nitrogens with zero attached hydrogens (tertiary/aromatic N) is 1. The lowest BCUT2D eigenvalue weighted by Gasteiger charge is -2.12. The van der Waals surface area contributed by atoms with Gasteiger partial charge in [0, 0.05) is 29.0 Å². The minimum Gasteiger partial charge on any atom is -0.488 e. The molecule has 0 radical (unpaired) electrons. The highest BCUT2D eigenvalue weighted by Crippen LogP contribution is 2.40. The van der Waals surface area contributed by atoms with Crippen molar-refractivity contribution in [3.8, 4) is 5.75 Å². The highest BCUT2D eigenvalue weighted by molar-refractivity contribution is 7.11. The molecule has 0 fully saturated rings. The molecular weight excluding hydrogens is 334 g/mol. The summed E-state index contributed by atoms with van der Waals surface area (Å²) in [4.78, 5) is 14.3. The summed E-state index contributed by atoms with van der Waals surface area (Å²) in [5.74, 6) is 0.104. The van der Waals surface area contributed by atoms with Gasteiger partial charge in [0.25, 0.3) is 0 Å². The summed E-state index contributed by atoms with van der Waals surface area (Å²) >= 11 is 1.74. The summed E-state index contributed by atoms with van der Waals surface area (Å²) in [5.41, 5.74) is 4.52. The molecule has 0 amide bonds. The molecule has 25 heavy (non-hydrogen) atoms. The number of thiophene rings is 1. The van der Waals surface area contributed by atoms with Crippen LogP contribution < -0.4 is 4.74 Å². The number of benzene rings is 1. The van der Waals surface area contributed by atoms with Crippen LogP contribution in [0.25, 0.3) is 5.57 Å². The average molecular weight is 357 g/mol. The van der Waals surface area contributed by atoms with E-state index in [9.17, 15) is 4.79 Å². The number of rotatable bonds is 6. The number of hydrogen-bond donors (Lipinski definition) is 1. The second-order valence-corrected chi connectivity index (χ2v) is 7.41. The molecule has 4 nitrogen and oxygen atoms in total. The topological polar surface area (TPSA) is 49.8 Å². The molecule has 1 aliphatic heterocycles. The van der Waals surface area contributed by atoms with Gasteiger partial charge in [-0.1, -0.05) is 12.1 Å². The lowest BCUT2D eigenvalue weighted by atomic mass is 9.97. The summed E-state index contributed by atoms with van der Waals surface area (Å²) in [5, 5.41) is 11.0. The molecule has 2 aromatic rings. The van der Waals surface area contributed by atoms with Gasteiger partial charge in [0.1, 0.15) is 12.4 Å².